The van der Waals surface area contributed by atoms with Crippen molar-refractivity contribution in [3.8, 4) is 11.5 Å². The van der Waals surface area contributed by atoms with Gasteiger partial charge < -0.3 is 24.2 Å². The van der Waals surface area contributed by atoms with Gasteiger partial charge in [-0.3, -0.25) is 14.5 Å². The second-order valence-corrected chi connectivity index (χ2v) is 8.70. The van der Waals surface area contributed by atoms with Crippen LogP contribution in [0.1, 0.15) is 23.6 Å². The Kier molecular flexibility index (Phi) is 8.40. The van der Waals surface area contributed by atoms with Gasteiger partial charge in [-0.1, -0.05) is 24.8 Å². The number of carbonyl (C=O) groups is 2. The minimum atomic E-state index is -0.721. The van der Waals surface area contributed by atoms with Crippen LogP contribution < -0.4 is 9.47 Å². The van der Waals surface area contributed by atoms with Crippen LogP contribution in [0.4, 0.5) is 0 Å². The number of aliphatic hydroxyl groups is 1. The number of amides is 1. The van der Waals surface area contributed by atoms with Crippen LogP contribution >= 0.6 is 0 Å². The number of ether oxygens (including phenoxy) is 3. The van der Waals surface area contributed by atoms with Gasteiger partial charge in [0.15, 0.2) is 0 Å². The van der Waals surface area contributed by atoms with Gasteiger partial charge in [0.1, 0.15) is 23.9 Å². The summed E-state index contributed by atoms with van der Waals surface area (Å²) in [5.41, 5.74) is 1.20. The summed E-state index contributed by atoms with van der Waals surface area (Å²) in [6.07, 6.45) is 2.34. The molecule has 0 unspecified atom stereocenters. The van der Waals surface area contributed by atoms with Crippen molar-refractivity contribution < 1.29 is 28.9 Å². The molecular formula is C28H32N2O6. The highest BCUT2D eigenvalue weighted by atomic mass is 16.5. The Morgan fingerprint density at radius 3 is 2.56 bits per heavy atom. The standard InChI is InChI=1S/C28H32N2O6/c1-3-16-36-22-10-8-20(9-11-22)26(31)24-25(21-6-4-7-23(19-21)34-2)30(28(33)27(24)32)13-5-12-29-14-17-35-18-15-29/h3-4,6-11,19,25,31H,1,5,12-18H2,2H3/t25-/m1/s1. The van der Waals surface area contributed by atoms with Gasteiger partial charge in [0.05, 0.1) is 31.9 Å². The lowest BCUT2D eigenvalue weighted by Crippen LogP contribution is -2.38. The van der Waals surface area contributed by atoms with Crippen LogP contribution in [0.2, 0.25) is 0 Å². The van der Waals surface area contributed by atoms with Crippen LogP contribution in [0.5, 0.6) is 11.5 Å². The first kappa shape index (κ1) is 25.5. The third kappa shape index (κ3) is 5.61. The Balaban J connectivity index is 1.66. The predicted octanol–water partition coefficient (Wildman–Crippen LogP) is 3.40. The van der Waals surface area contributed by atoms with E-state index in [0.717, 1.165) is 19.6 Å². The third-order valence-electron chi connectivity index (χ3n) is 6.42. The molecule has 2 aromatic rings. The van der Waals surface area contributed by atoms with Gasteiger partial charge in [0.2, 0.25) is 0 Å². The van der Waals surface area contributed by atoms with Gasteiger partial charge >= 0.3 is 0 Å². The van der Waals surface area contributed by atoms with Crippen LogP contribution in [0, 0.1) is 0 Å². The van der Waals surface area contributed by atoms with Crippen molar-refractivity contribution >= 4 is 17.4 Å². The summed E-state index contributed by atoms with van der Waals surface area (Å²) in [6.45, 7) is 8.27. The summed E-state index contributed by atoms with van der Waals surface area (Å²) in [4.78, 5) is 30.3. The molecule has 0 spiro atoms. The molecule has 0 aliphatic carbocycles. The topological polar surface area (TPSA) is 88.5 Å². The van der Waals surface area contributed by atoms with E-state index < -0.39 is 17.7 Å². The molecule has 190 valence electrons. The number of hydrogen-bond donors (Lipinski definition) is 1. The summed E-state index contributed by atoms with van der Waals surface area (Å²) < 4.78 is 16.3. The number of benzene rings is 2. The number of aliphatic hydroxyl groups excluding tert-OH is 1. The zero-order valence-corrected chi connectivity index (χ0v) is 20.5. The number of hydrogen-bond acceptors (Lipinski definition) is 7. The van der Waals surface area contributed by atoms with Crippen molar-refractivity contribution in [1.82, 2.24) is 9.80 Å². The van der Waals surface area contributed by atoms with Crippen molar-refractivity contribution in [2.45, 2.75) is 12.5 Å². The molecule has 4 rings (SSSR count). The van der Waals surface area contributed by atoms with Gasteiger partial charge in [0.25, 0.3) is 11.7 Å². The highest BCUT2D eigenvalue weighted by Crippen LogP contribution is 2.40. The van der Waals surface area contributed by atoms with Crippen LogP contribution in [-0.4, -0.2) is 79.7 Å². The van der Waals surface area contributed by atoms with Crippen molar-refractivity contribution in [2.75, 3.05) is 53.1 Å². The van der Waals surface area contributed by atoms with Gasteiger partial charge in [-0.25, -0.2) is 0 Å². The molecule has 8 heteroatoms. The van der Waals surface area contributed by atoms with Crippen molar-refractivity contribution in [1.29, 1.82) is 0 Å². The molecule has 0 aromatic heterocycles. The Labute approximate surface area is 211 Å². The molecule has 1 N–H and O–H groups in total. The lowest BCUT2D eigenvalue weighted by atomic mass is 9.95. The Morgan fingerprint density at radius 2 is 1.86 bits per heavy atom. The summed E-state index contributed by atoms with van der Waals surface area (Å²) in [6, 6.07) is 13.3. The lowest BCUT2D eigenvalue weighted by molar-refractivity contribution is -0.140. The van der Waals surface area contributed by atoms with Gasteiger partial charge in [0, 0.05) is 31.7 Å². The summed E-state index contributed by atoms with van der Waals surface area (Å²) in [5, 5.41) is 11.3. The molecule has 1 atom stereocenters. The van der Waals surface area contributed by atoms with Crippen LogP contribution in [0.15, 0.2) is 66.8 Å². The lowest BCUT2D eigenvalue weighted by Gasteiger charge is -2.29. The van der Waals surface area contributed by atoms with Gasteiger partial charge in [-0.2, -0.15) is 0 Å². The summed E-state index contributed by atoms with van der Waals surface area (Å²) in [5.74, 6) is -0.308. The Morgan fingerprint density at radius 1 is 1.11 bits per heavy atom. The number of carbonyl (C=O) groups excluding carboxylic acids is 2. The highest BCUT2D eigenvalue weighted by Gasteiger charge is 2.46. The SMILES string of the molecule is C=CCOc1ccc(C(O)=C2C(=O)C(=O)N(CCCN3CCOCC3)[C@@H]2c2cccc(OC)c2)cc1. The average molecular weight is 493 g/mol. The number of Topliss-reactive ketones (excluding diaryl/α,β-unsaturated/α-hetero) is 1. The molecule has 2 aliphatic heterocycles. The van der Waals surface area contributed by atoms with Gasteiger partial charge in [-0.05, 0) is 48.4 Å². The molecule has 0 radical (unpaired) electrons. The van der Waals surface area contributed by atoms with Crippen molar-refractivity contribution in [3.05, 3.63) is 77.9 Å². The molecule has 8 nitrogen and oxygen atoms in total. The van der Waals surface area contributed by atoms with E-state index in [1.807, 2.05) is 12.1 Å². The third-order valence-corrected chi connectivity index (χ3v) is 6.42. The fraction of sp³-hybridized carbons (Fsp3) is 0.357. The minimum Gasteiger partial charge on any atom is -0.507 e. The second-order valence-electron chi connectivity index (χ2n) is 8.70. The summed E-state index contributed by atoms with van der Waals surface area (Å²) in [7, 11) is 1.56. The zero-order chi connectivity index (χ0) is 25.5. The van der Waals surface area contributed by atoms with Crippen LogP contribution in [0.25, 0.3) is 5.76 Å². The Bertz CT molecular complexity index is 1120. The fourth-order valence-electron chi connectivity index (χ4n) is 4.58. The molecule has 2 saturated heterocycles. The fourth-order valence-corrected chi connectivity index (χ4v) is 4.58. The van der Waals surface area contributed by atoms with E-state index in [4.69, 9.17) is 14.2 Å². The molecule has 1 amide bonds. The predicted molar refractivity (Wildman–Crippen MR) is 136 cm³/mol. The Hall–Kier alpha value is -3.62. The van der Waals surface area contributed by atoms with Gasteiger partial charge in [-0.15, -0.1) is 0 Å². The molecule has 2 fully saturated rings. The maximum Gasteiger partial charge on any atom is 0.295 e. The van der Waals surface area contributed by atoms with Crippen LogP contribution in [-0.2, 0) is 14.3 Å². The molecule has 0 saturated carbocycles. The van der Waals surface area contributed by atoms with E-state index in [0.29, 0.717) is 55.4 Å². The highest BCUT2D eigenvalue weighted by molar-refractivity contribution is 6.46. The van der Waals surface area contributed by atoms with E-state index in [2.05, 4.69) is 11.5 Å². The number of methoxy groups -OCH3 is 1. The number of rotatable bonds is 10. The quantitative estimate of drug-likeness (QED) is 0.235. The second kappa shape index (κ2) is 11.9. The van der Waals surface area contributed by atoms with E-state index in [9.17, 15) is 14.7 Å². The molecule has 2 aliphatic rings. The maximum atomic E-state index is 13.2. The molecule has 36 heavy (non-hydrogen) atoms. The largest absolute Gasteiger partial charge is 0.507 e. The van der Waals surface area contributed by atoms with E-state index in [-0.39, 0.29) is 11.3 Å². The number of morpholine rings is 1. The molecule has 2 heterocycles. The summed E-state index contributed by atoms with van der Waals surface area (Å²) >= 11 is 0. The molecular weight excluding hydrogens is 460 g/mol. The zero-order valence-electron chi connectivity index (χ0n) is 20.5. The monoisotopic (exact) mass is 492 g/mol. The minimum absolute atomic E-state index is 0.0689. The smallest absolute Gasteiger partial charge is 0.295 e. The van der Waals surface area contributed by atoms with Crippen molar-refractivity contribution in [3.63, 3.8) is 0 Å². The molecule has 2 aromatic carbocycles. The number of likely N-dealkylation sites (tertiary alicyclic amines) is 1. The van der Waals surface area contributed by atoms with Crippen LogP contribution in [0.3, 0.4) is 0 Å². The first-order chi connectivity index (χ1) is 17.5. The maximum absolute atomic E-state index is 13.2. The first-order valence-electron chi connectivity index (χ1n) is 12.1. The number of nitrogens with zero attached hydrogens (tertiary/aromatic N) is 2. The normalized spacial score (nSPS) is 19.9. The van der Waals surface area contributed by atoms with Crippen molar-refractivity contribution in [2.24, 2.45) is 0 Å². The molecule has 0 bridgehead atoms. The first-order valence-corrected chi connectivity index (χ1v) is 12.1. The number of ketones is 1. The van der Waals surface area contributed by atoms with E-state index >= 15 is 0 Å². The van der Waals surface area contributed by atoms with E-state index in [1.165, 1.54) is 0 Å². The van der Waals surface area contributed by atoms with E-state index in [1.54, 1.807) is 54.5 Å². The average Bonchev–Trinajstić information content (AvgIpc) is 3.17.